The second kappa shape index (κ2) is 14.2. The van der Waals surface area contributed by atoms with Crippen LogP contribution in [0.4, 0.5) is 5.82 Å². The number of pyridine rings is 1. The normalized spacial score (nSPS) is 15.5. The minimum absolute atomic E-state index is 0. The van der Waals surface area contributed by atoms with Crippen LogP contribution in [0, 0.1) is 6.92 Å². The monoisotopic (exact) mass is 566 g/mol. The van der Waals surface area contributed by atoms with Crippen LogP contribution in [0.25, 0.3) is 0 Å². The molecular formula is C25H39IN6O. The number of rotatable bonds is 9. The molecule has 0 amide bonds. The van der Waals surface area contributed by atoms with Crippen molar-refractivity contribution in [2.45, 2.75) is 40.3 Å². The number of aryl methyl sites for hydroxylation is 1. The van der Waals surface area contributed by atoms with E-state index in [1.165, 1.54) is 5.56 Å². The first-order valence-corrected chi connectivity index (χ1v) is 11.7. The van der Waals surface area contributed by atoms with E-state index in [4.69, 9.17) is 9.73 Å². The van der Waals surface area contributed by atoms with Crippen LogP contribution in [-0.4, -0.2) is 67.8 Å². The van der Waals surface area contributed by atoms with Crippen molar-refractivity contribution in [1.29, 1.82) is 0 Å². The van der Waals surface area contributed by atoms with Gasteiger partial charge in [-0.2, -0.15) is 0 Å². The topological polar surface area (TPSA) is 65.0 Å². The van der Waals surface area contributed by atoms with Crippen molar-refractivity contribution in [3.05, 3.63) is 53.7 Å². The number of hydrogen-bond acceptors (Lipinski definition) is 5. The van der Waals surface area contributed by atoms with E-state index in [1.54, 1.807) is 0 Å². The van der Waals surface area contributed by atoms with Crippen LogP contribution in [0.3, 0.4) is 0 Å². The molecule has 2 N–H and O–H groups in total. The molecule has 2 aromatic rings. The average molecular weight is 567 g/mol. The summed E-state index contributed by atoms with van der Waals surface area (Å²) in [6.07, 6.45) is 1.97. The van der Waals surface area contributed by atoms with Crippen molar-refractivity contribution in [2.75, 3.05) is 50.7 Å². The maximum atomic E-state index is 6.01. The van der Waals surface area contributed by atoms with E-state index in [0.717, 1.165) is 62.4 Å². The Morgan fingerprint density at radius 3 is 2.55 bits per heavy atom. The molecule has 7 nitrogen and oxygen atoms in total. The number of nitrogens with zero attached hydrogens (tertiary/aromatic N) is 4. The molecule has 0 bridgehead atoms. The van der Waals surface area contributed by atoms with Gasteiger partial charge in [0.1, 0.15) is 17.7 Å². The molecular weight excluding hydrogens is 527 g/mol. The van der Waals surface area contributed by atoms with Crippen LogP contribution < -0.4 is 20.3 Å². The Morgan fingerprint density at radius 1 is 1.12 bits per heavy atom. The van der Waals surface area contributed by atoms with Gasteiger partial charge in [0, 0.05) is 38.9 Å². The molecule has 1 aromatic heterocycles. The van der Waals surface area contributed by atoms with Crippen LogP contribution in [0.5, 0.6) is 5.75 Å². The van der Waals surface area contributed by atoms with Crippen molar-refractivity contribution in [1.82, 2.24) is 20.5 Å². The molecule has 3 rings (SSSR count). The molecule has 182 valence electrons. The Bertz CT molecular complexity index is 852. The number of anilines is 1. The molecule has 0 saturated carbocycles. The number of ether oxygens (including phenoxy) is 1. The molecule has 1 fully saturated rings. The highest BCUT2D eigenvalue weighted by Crippen LogP contribution is 2.15. The van der Waals surface area contributed by atoms with Gasteiger partial charge in [0.05, 0.1) is 13.1 Å². The Kier molecular flexibility index (Phi) is 11.7. The summed E-state index contributed by atoms with van der Waals surface area (Å²) in [7, 11) is 0. The zero-order chi connectivity index (χ0) is 22.8. The highest BCUT2D eigenvalue weighted by Gasteiger charge is 2.16. The maximum absolute atomic E-state index is 6.01. The van der Waals surface area contributed by atoms with Gasteiger partial charge < -0.3 is 25.2 Å². The standard InChI is InChI=1S/C25H38N6O.HI/c1-5-26-25(28-17-21(4)32-23-9-7-8-20(3)16-23)29-19-22-10-11-24(27-18-22)31-14-12-30(6-2)13-15-31;/h7-11,16,18,21H,5-6,12-15,17,19H2,1-4H3,(H2,26,28,29);1H. The van der Waals surface area contributed by atoms with E-state index >= 15 is 0 Å². The van der Waals surface area contributed by atoms with Crippen molar-refractivity contribution in [2.24, 2.45) is 4.99 Å². The molecule has 8 heteroatoms. The lowest BCUT2D eigenvalue weighted by Gasteiger charge is -2.34. The van der Waals surface area contributed by atoms with E-state index in [1.807, 2.05) is 18.3 Å². The van der Waals surface area contributed by atoms with Crippen molar-refractivity contribution in [3.8, 4) is 5.75 Å². The number of benzene rings is 1. The SMILES string of the molecule is CCNC(=NCc1ccc(N2CCN(CC)CC2)nc1)NCC(C)Oc1cccc(C)c1.I. The first-order chi connectivity index (χ1) is 15.6. The summed E-state index contributed by atoms with van der Waals surface area (Å²) < 4.78 is 6.01. The largest absolute Gasteiger partial charge is 0.489 e. The van der Waals surface area contributed by atoms with Crippen molar-refractivity contribution < 1.29 is 4.74 Å². The summed E-state index contributed by atoms with van der Waals surface area (Å²) in [6.45, 7) is 15.9. The Labute approximate surface area is 216 Å². The van der Waals surface area contributed by atoms with E-state index < -0.39 is 0 Å². The first-order valence-electron chi connectivity index (χ1n) is 11.7. The van der Waals surface area contributed by atoms with Gasteiger partial charge in [-0.3, -0.25) is 0 Å². The third-order valence-corrected chi connectivity index (χ3v) is 5.60. The number of halogens is 1. The molecule has 1 aliphatic rings. The minimum Gasteiger partial charge on any atom is -0.489 e. The zero-order valence-corrected chi connectivity index (χ0v) is 22.7. The van der Waals surface area contributed by atoms with Crippen LogP contribution in [0.1, 0.15) is 31.9 Å². The Morgan fingerprint density at radius 2 is 1.91 bits per heavy atom. The van der Waals surface area contributed by atoms with Gasteiger partial charge in [0.25, 0.3) is 0 Å². The summed E-state index contributed by atoms with van der Waals surface area (Å²) in [5, 5.41) is 6.68. The highest BCUT2D eigenvalue weighted by atomic mass is 127. The molecule has 1 atom stereocenters. The average Bonchev–Trinajstić information content (AvgIpc) is 2.81. The lowest BCUT2D eigenvalue weighted by atomic mass is 10.2. The van der Waals surface area contributed by atoms with E-state index in [2.05, 4.69) is 77.4 Å². The highest BCUT2D eigenvalue weighted by molar-refractivity contribution is 14.0. The van der Waals surface area contributed by atoms with Gasteiger partial charge in [0.2, 0.25) is 0 Å². The van der Waals surface area contributed by atoms with Crippen LogP contribution in [0.2, 0.25) is 0 Å². The summed E-state index contributed by atoms with van der Waals surface area (Å²) in [6, 6.07) is 12.4. The molecule has 2 heterocycles. The molecule has 33 heavy (non-hydrogen) atoms. The number of guanidine groups is 1. The molecule has 1 aliphatic heterocycles. The lowest BCUT2D eigenvalue weighted by molar-refractivity contribution is 0.223. The maximum Gasteiger partial charge on any atom is 0.191 e. The van der Waals surface area contributed by atoms with Gasteiger partial charge in [0.15, 0.2) is 5.96 Å². The zero-order valence-electron chi connectivity index (χ0n) is 20.4. The van der Waals surface area contributed by atoms with E-state index in [-0.39, 0.29) is 30.1 Å². The molecule has 0 aliphatic carbocycles. The van der Waals surface area contributed by atoms with E-state index in [9.17, 15) is 0 Å². The lowest BCUT2D eigenvalue weighted by Crippen LogP contribution is -2.46. The molecule has 0 spiro atoms. The van der Waals surface area contributed by atoms with Gasteiger partial charge in [-0.05, 0) is 56.6 Å². The van der Waals surface area contributed by atoms with Gasteiger partial charge in [-0.15, -0.1) is 24.0 Å². The Balaban J connectivity index is 0.00000385. The minimum atomic E-state index is 0. The predicted octanol–water partition coefficient (Wildman–Crippen LogP) is 3.67. The quantitative estimate of drug-likeness (QED) is 0.275. The van der Waals surface area contributed by atoms with Crippen LogP contribution in [-0.2, 0) is 6.54 Å². The number of nitrogens with one attached hydrogen (secondary N) is 2. The number of hydrogen-bond donors (Lipinski definition) is 2. The fraction of sp³-hybridized carbons (Fsp3) is 0.520. The number of aromatic nitrogens is 1. The van der Waals surface area contributed by atoms with Gasteiger partial charge in [-0.25, -0.2) is 9.98 Å². The second-order valence-corrected chi connectivity index (χ2v) is 8.27. The molecule has 1 aromatic carbocycles. The van der Waals surface area contributed by atoms with Crippen molar-refractivity contribution >= 4 is 35.8 Å². The molecule has 1 saturated heterocycles. The van der Waals surface area contributed by atoms with Gasteiger partial charge >= 0.3 is 0 Å². The summed E-state index contributed by atoms with van der Waals surface area (Å²) >= 11 is 0. The predicted molar refractivity (Wildman–Crippen MR) is 148 cm³/mol. The fourth-order valence-electron chi connectivity index (χ4n) is 3.71. The summed E-state index contributed by atoms with van der Waals surface area (Å²) in [4.78, 5) is 14.2. The third kappa shape index (κ3) is 9.00. The number of likely N-dealkylation sites (N-methyl/N-ethyl adjacent to an activating group) is 1. The molecule has 0 radical (unpaired) electrons. The summed E-state index contributed by atoms with van der Waals surface area (Å²) in [5.74, 6) is 2.73. The van der Waals surface area contributed by atoms with Gasteiger partial charge in [-0.1, -0.05) is 25.1 Å². The van der Waals surface area contributed by atoms with E-state index in [0.29, 0.717) is 13.1 Å². The molecule has 1 unspecified atom stereocenters. The second-order valence-electron chi connectivity index (χ2n) is 8.27. The first kappa shape index (κ1) is 27.2. The Hall–Kier alpha value is -2.07. The number of aliphatic imine (C=N–C) groups is 1. The van der Waals surface area contributed by atoms with Crippen LogP contribution >= 0.6 is 24.0 Å². The smallest absolute Gasteiger partial charge is 0.191 e. The van der Waals surface area contributed by atoms with Crippen LogP contribution in [0.15, 0.2) is 47.6 Å². The number of piperazine rings is 1. The van der Waals surface area contributed by atoms with Crippen molar-refractivity contribution in [3.63, 3.8) is 0 Å². The fourth-order valence-corrected chi connectivity index (χ4v) is 3.71. The summed E-state index contributed by atoms with van der Waals surface area (Å²) in [5.41, 5.74) is 2.29. The third-order valence-electron chi connectivity index (χ3n) is 5.60.